The summed E-state index contributed by atoms with van der Waals surface area (Å²) in [6, 6.07) is 8.18. The minimum Gasteiger partial charge on any atom is -0.326 e. The summed E-state index contributed by atoms with van der Waals surface area (Å²) in [6.07, 6.45) is 5.37. The summed E-state index contributed by atoms with van der Waals surface area (Å²) in [5.41, 5.74) is 1.96. The Bertz CT molecular complexity index is 395. The van der Waals surface area contributed by atoms with Gasteiger partial charge in [0.1, 0.15) is 0 Å². The van der Waals surface area contributed by atoms with Crippen molar-refractivity contribution < 1.29 is 4.79 Å². The van der Waals surface area contributed by atoms with Gasteiger partial charge in [-0.25, -0.2) is 0 Å². The molecule has 0 fully saturated rings. The van der Waals surface area contributed by atoms with Crippen molar-refractivity contribution in [3.05, 3.63) is 35.9 Å². The molecule has 1 aromatic carbocycles. The molecule has 0 bridgehead atoms. The molecular formula is C15H22N2O. The second-order valence-electron chi connectivity index (χ2n) is 4.41. The normalized spacial score (nSPS) is 12.6. The highest BCUT2D eigenvalue weighted by Gasteiger charge is 1.96. The Morgan fingerprint density at radius 2 is 2.00 bits per heavy atom. The van der Waals surface area contributed by atoms with Crippen LogP contribution in [0.5, 0.6) is 0 Å². The predicted octanol–water partition coefficient (Wildman–Crippen LogP) is 3.05. The van der Waals surface area contributed by atoms with Crippen molar-refractivity contribution in [3.8, 4) is 0 Å². The number of hydrogen-bond acceptors (Lipinski definition) is 2. The zero-order valence-corrected chi connectivity index (χ0v) is 11.4. The van der Waals surface area contributed by atoms with Gasteiger partial charge in [-0.3, -0.25) is 4.79 Å². The van der Waals surface area contributed by atoms with Crippen LogP contribution in [0.15, 0.2) is 30.3 Å². The number of anilines is 1. The Hall–Kier alpha value is -1.61. The number of carbonyl (C=O) groups excluding carboxylic acids is 1. The van der Waals surface area contributed by atoms with Crippen LogP contribution in [0.2, 0.25) is 0 Å². The van der Waals surface area contributed by atoms with Gasteiger partial charge in [0.2, 0.25) is 5.91 Å². The molecule has 0 saturated carbocycles. The van der Waals surface area contributed by atoms with Crippen molar-refractivity contribution in [1.29, 1.82) is 0 Å². The highest BCUT2D eigenvalue weighted by atomic mass is 16.1. The summed E-state index contributed by atoms with van der Waals surface area (Å²) >= 11 is 0. The number of amides is 1. The smallest absolute Gasteiger partial charge is 0.221 e. The fraction of sp³-hybridized carbons (Fsp3) is 0.400. The van der Waals surface area contributed by atoms with Crippen LogP contribution >= 0.6 is 0 Å². The van der Waals surface area contributed by atoms with Gasteiger partial charge < -0.3 is 10.6 Å². The van der Waals surface area contributed by atoms with Crippen molar-refractivity contribution >= 4 is 17.7 Å². The monoisotopic (exact) mass is 246 g/mol. The number of rotatable bonds is 6. The minimum absolute atomic E-state index is 0.0457. The summed E-state index contributed by atoms with van der Waals surface area (Å²) < 4.78 is 0. The predicted molar refractivity (Wildman–Crippen MR) is 77.5 cm³/mol. The van der Waals surface area contributed by atoms with Gasteiger partial charge in [-0.2, -0.15) is 0 Å². The van der Waals surface area contributed by atoms with Crippen LogP contribution in [0.25, 0.3) is 6.08 Å². The first kappa shape index (κ1) is 14.5. The maximum atomic E-state index is 10.9. The molecule has 2 N–H and O–H groups in total. The lowest BCUT2D eigenvalue weighted by Crippen LogP contribution is -2.24. The van der Waals surface area contributed by atoms with E-state index in [0.29, 0.717) is 6.04 Å². The van der Waals surface area contributed by atoms with Gasteiger partial charge in [-0.05, 0) is 37.6 Å². The van der Waals surface area contributed by atoms with Gasteiger partial charge in [0.05, 0.1) is 0 Å². The van der Waals surface area contributed by atoms with Gasteiger partial charge >= 0.3 is 0 Å². The molecule has 1 unspecified atom stereocenters. The summed E-state index contributed by atoms with van der Waals surface area (Å²) in [4.78, 5) is 10.9. The maximum Gasteiger partial charge on any atom is 0.221 e. The van der Waals surface area contributed by atoms with E-state index in [-0.39, 0.29) is 5.91 Å². The Labute approximate surface area is 109 Å². The molecule has 1 aromatic rings. The number of hydrogen-bond donors (Lipinski definition) is 2. The molecule has 18 heavy (non-hydrogen) atoms. The zero-order chi connectivity index (χ0) is 13.4. The van der Waals surface area contributed by atoms with Crippen LogP contribution < -0.4 is 10.6 Å². The van der Waals surface area contributed by atoms with Gasteiger partial charge in [-0.1, -0.05) is 31.2 Å². The first-order valence-corrected chi connectivity index (χ1v) is 6.41. The molecule has 0 aliphatic heterocycles. The lowest BCUT2D eigenvalue weighted by atomic mass is 10.1. The summed E-state index contributed by atoms with van der Waals surface area (Å²) in [5, 5.41) is 6.15. The highest BCUT2D eigenvalue weighted by Crippen LogP contribution is 2.10. The topological polar surface area (TPSA) is 41.1 Å². The van der Waals surface area contributed by atoms with E-state index < -0.39 is 0 Å². The average Bonchev–Trinajstić information content (AvgIpc) is 2.35. The van der Waals surface area contributed by atoms with Crippen LogP contribution in [0, 0.1) is 0 Å². The quantitative estimate of drug-likeness (QED) is 0.810. The molecule has 0 aliphatic carbocycles. The van der Waals surface area contributed by atoms with Crippen molar-refractivity contribution in [2.45, 2.75) is 33.2 Å². The van der Waals surface area contributed by atoms with Crippen LogP contribution in [0.4, 0.5) is 5.69 Å². The first-order chi connectivity index (χ1) is 8.61. The van der Waals surface area contributed by atoms with Gasteiger partial charge in [0.15, 0.2) is 0 Å². The molecule has 0 spiro atoms. The van der Waals surface area contributed by atoms with Crippen molar-refractivity contribution in [2.24, 2.45) is 0 Å². The second kappa shape index (κ2) is 7.67. The average molecular weight is 246 g/mol. The largest absolute Gasteiger partial charge is 0.326 e. The summed E-state index contributed by atoms with van der Waals surface area (Å²) in [6.45, 7) is 6.84. The van der Waals surface area contributed by atoms with Crippen LogP contribution in [-0.2, 0) is 4.79 Å². The Morgan fingerprint density at radius 1 is 1.33 bits per heavy atom. The van der Waals surface area contributed by atoms with Crippen LogP contribution in [0.3, 0.4) is 0 Å². The third-order valence-electron chi connectivity index (χ3n) is 2.52. The molecule has 0 saturated heterocycles. The van der Waals surface area contributed by atoms with Crippen LogP contribution in [-0.4, -0.2) is 18.5 Å². The Balaban J connectivity index is 2.52. The van der Waals surface area contributed by atoms with Crippen molar-refractivity contribution in [3.63, 3.8) is 0 Å². The molecule has 3 heteroatoms. The van der Waals surface area contributed by atoms with Crippen molar-refractivity contribution in [1.82, 2.24) is 5.32 Å². The maximum absolute atomic E-state index is 10.9. The van der Waals surface area contributed by atoms with E-state index in [4.69, 9.17) is 0 Å². The second-order valence-corrected chi connectivity index (χ2v) is 4.41. The van der Waals surface area contributed by atoms with E-state index in [9.17, 15) is 4.79 Å². The third kappa shape index (κ3) is 5.64. The molecule has 0 aliphatic rings. The molecule has 1 atom stereocenters. The fourth-order valence-electron chi connectivity index (χ4n) is 1.58. The molecule has 0 heterocycles. The fourth-order valence-corrected chi connectivity index (χ4v) is 1.58. The summed E-state index contributed by atoms with van der Waals surface area (Å²) in [7, 11) is 0. The standard InChI is InChI=1S/C15H22N2O/c1-4-11-16-12(2)5-6-14-7-9-15(10-8-14)17-13(3)18/h5-10,12,16H,4,11H2,1-3H3,(H,17,18)/b6-5+. The Kier molecular flexibility index (Phi) is 6.15. The van der Waals surface area contributed by atoms with E-state index in [2.05, 4.69) is 36.6 Å². The number of nitrogens with one attached hydrogen (secondary N) is 2. The molecule has 3 nitrogen and oxygen atoms in total. The SMILES string of the molecule is CCCNC(C)/C=C/c1ccc(NC(C)=O)cc1. The molecule has 1 rings (SSSR count). The number of carbonyl (C=O) groups is 1. The zero-order valence-electron chi connectivity index (χ0n) is 11.4. The van der Waals surface area contributed by atoms with Gasteiger partial charge in [0.25, 0.3) is 0 Å². The minimum atomic E-state index is -0.0457. The van der Waals surface area contributed by atoms with E-state index in [1.807, 2.05) is 24.3 Å². The lowest BCUT2D eigenvalue weighted by molar-refractivity contribution is -0.114. The van der Waals surface area contributed by atoms with E-state index in [1.165, 1.54) is 6.92 Å². The third-order valence-corrected chi connectivity index (χ3v) is 2.52. The van der Waals surface area contributed by atoms with E-state index in [0.717, 1.165) is 24.2 Å². The van der Waals surface area contributed by atoms with E-state index in [1.54, 1.807) is 0 Å². The summed E-state index contributed by atoms with van der Waals surface area (Å²) in [5.74, 6) is -0.0457. The highest BCUT2D eigenvalue weighted by molar-refractivity contribution is 5.88. The molecular weight excluding hydrogens is 224 g/mol. The Morgan fingerprint density at radius 3 is 2.56 bits per heavy atom. The van der Waals surface area contributed by atoms with Gasteiger partial charge in [-0.15, -0.1) is 0 Å². The molecule has 1 amide bonds. The van der Waals surface area contributed by atoms with Crippen LogP contribution in [0.1, 0.15) is 32.8 Å². The number of benzene rings is 1. The first-order valence-electron chi connectivity index (χ1n) is 6.41. The van der Waals surface area contributed by atoms with Crippen molar-refractivity contribution in [2.75, 3.05) is 11.9 Å². The van der Waals surface area contributed by atoms with Gasteiger partial charge in [0, 0.05) is 18.7 Å². The molecule has 0 aromatic heterocycles. The lowest BCUT2D eigenvalue weighted by Gasteiger charge is -2.07. The molecule has 0 radical (unpaired) electrons. The van der Waals surface area contributed by atoms with E-state index >= 15 is 0 Å². The molecule has 98 valence electrons.